The van der Waals surface area contributed by atoms with Crippen molar-refractivity contribution < 1.29 is 4.74 Å². The highest BCUT2D eigenvalue weighted by Crippen LogP contribution is 2.31. The summed E-state index contributed by atoms with van der Waals surface area (Å²) in [5.41, 5.74) is 12.5. The minimum Gasteiger partial charge on any atom is -0.382 e. The Labute approximate surface area is 177 Å². The molecular formula is C24H29N5O. The number of rotatable bonds is 8. The molecule has 0 radical (unpaired) electrons. The van der Waals surface area contributed by atoms with Crippen LogP contribution in [0.4, 0.5) is 5.82 Å². The van der Waals surface area contributed by atoms with Crippen molar-refractivity contribution >= 4 is 16.9 Å². The topological polar surface area (TPSA) is 89.8 Å². The summed E-state index contributed by atoms with van der Waals surface area (Å²) in [5, 5.41) is 9.06. The number of nitriles is 1. The molecule has 0 saturated carbocycles. The first-order chi connectivity index (χ1) is 14.7. The van der Waals surface area contributed by atoms with E-state index in [2.05, 4.69) is 22.5 Å². The Balaban J connectivity index is 1.58. The van der Waals surface area contributed by atoms with E-state index in [9.17, 15) is 0 Å². The number of hydrogen-bond donors (Lipinski definition) is 1. The van der Waals surface area contributed by atoms with Crippen molar-refractivity contribution in [2.24, 2.45) is 0 Å². The minimum atomic E-state index is 0.494. The number of hydrogen-bond acceptors (Lipinski definition) is 5. The normalized spacial score (nSPS) is 13.3. The molecule has 6 heteroatoms. The molecule has 0 spiro atoms. The number of fused-ring (bicyclic) bond motifs is 3. The van der Waals surface area contributed by atoms with Crippen LogP contribution >= 0.6 is 0 Å². The van der Waals surface area contributed by atoms with E-state index in [-0.39, 0.29) is 0 Å². The maximum absolute atomic E-state index is 9.06. The SMILES string of the molecule is CCCCc1nc2c(N)nc3c(c2n1CCOCc1cccc(C#N)c1)CCCC3. The quantitative estimate of drug-likeness (QED) is 0.566. The lowest BCUT2D eigenvalue weighted by Crippen LogP contribution is -2.13. The summed E-state index contributed by atoms with van der Waals surface area (Å²) >= 11 is 0. The molecule has 0 amide bonds. The van der Waals surface area contributed by atoms with Gasteiger partial charge in [0.1, 0.15) is 11.3 Å². The Morgan fingerprint density at radius 2 is 2.10 bits per heavy atom. The molecule has 30 heavy (non-hydrogen) atoms. The Morgan fingerprint density at radius 1 is 1.23 bits per heavy atom. The van der Waals surface area contributed by atoms with E-state index >= 15 is 0 Å². The van der Waals surface area contributed by atoms with Gasteiger partial charge in [-0.2, -0.15) is 5.26 Å². The van der Waals surface area contributed by atoms with Gasteiger partial charge >= 0.3 is 0 Å². The molecule has 2 N–H and O–H groups in total. The van der Waals surface area contributed by atoms with Crippen LogP contribution in [0.1, 0.15) is 60.8 Å². The third-order valence-electron chi connectivity index (χ3n) is 5.81. The molecule has 2 aromatic heterocycles. The summed E-state index contributed by atoms with van der Waals surface area (Å²) in [4.78, 5) is 9.57. The van der Waals surface area contributed by atoms with Crippen molar-refractivity contribution in [2.45, 2.75) is 65.0 Å². The lowest BCUT2D eigenvalue weighted by Gasteiger charge is -2.18. The van der Waals surface area contributed by atoms with Gasteiger partial charge in [0.05, 0.1) is 30.4 Å². The molecule has 4 rings (SSSR count). The number of imidazole rings is 1. The van der Waals surface area contributed by atoms with E-state index in [4.69, 9.17) is 20.7 Å². The molecule has 0 saturated heterocycles. The number of aryl methyl sites for hydroxylation is 3. The average molecular weight is 404 g/mol. The van der Waals surface area contributed by atoms with Crippen molar-refractivity contribution in [3.8, 4) is 6.07 Å². The number of nitrogen functional groups attached to an aromatic ring is 1. The summed E-state index contributed by atoms with van der Waals surface area (Å²) in [5.74, 6) is 1.63. The van der Waals surface area contributed by atoms with E-state index in [1.54, 1.807) is 0 Å². The second-order valence-electron chi connectivity index (χ2n) is 7.97. The largest absolute Gasteiger partial charge is 0.382 e. The first kappa shape index (κ1) is 20.4. The molecule has 1 aliphatic carbocycles. The summed E-state index contributed by atoms with van der Waals surface area (Å²) in [6, 6.07) is 9.74. The molecule has 1 aliphatic rings. The van der Waals surface area contributed by atoms with Gasteiger partial charge in [-0.05, 0) is 55.4 Å². The number of anilines is 1. The summed E-state index contributed by atoms with van der Waals surface area (Å²) < 4.78 is 8.29. The van der Waals surface area contributed by atoms with Crippen LogP contribution in [-0.4, -0.2) is 21.1 Å². The van der Waals surface area contributed by atoms with Crippen LogP contribution in [0.25, 0.3) is 11.0 Å². The summed E-state index contributed by atoms with van der Waals surface area (Å²) in [6.07, 6.45) is 7.56. The van der Waals surface area contributed by atoms with Gasteiger partial charge in [-0.25, -0.2) is 9.97 Å². The van der Waals surface area contributed by atoms with Gasteiger partial charge in [0.2, 0.25) is 0 Å². The fourth-order valence-electron chi connectivity index (χ4n) is 4.29. The molecule has 0 atom stereocenters. The number of unbranched alkanes of at least 4 members (excludes halogenated alkanes) is 1. The summed E-state index contributed by atoms with van der Waals surface area (Å²) in [7, 11) is 0. The smallest absolute Gasteiger partial charge is 0.151 e. The van der Waals surface area contributed by atoms with E-state index in [1.165, 1.54) is 23.9 Å². The predicted octanol–water partition coefficient (Wildman–Crippen LogP) is 4.32. The fraction of sp³-hybridized carbons (Fsp3) is 0.458. The highest BCUT2D eigenvalue weighted by atomic mass is 16.5. The number of pyridine rings is 1. The van der Waals surface area contributed by atoms with Crippen molar-refractivity contribution in [3.63, 3.8) is 0 Å². The molecule has 0 unspecified atom stereocenters. The van der Waals surface area contributed by atoms with Crippen LogP contribution in [0.2, 0.25) is 0 Å². The second kappa shape index (κ2) is 9.27. The number of benzene rings is 1. The molecule has 3 aromatic rings. The van der Waals surface area contributed by atoms with Crippen molar-refractivity contribution in [3.05, 3.63) is 52.5 Å². The number of ether oxygens (including phenoxy) is 1. The standard InChI is InChI=1S/C24H29N5O/c1-2-3-11-21-28-22-23(19-9-4-5-10-20(19)27-24(22)26)29(21)12-13-30-16-18-8-6-7-17(14-18)15-25/h6-8,14H,2-5,9-13,16H2,1H3,(H2,26,27). The third kappa shape index (κ3) is 4.17. The predicted molar refractivity (Wildman–Crippen MR) is 118 cm³/mol. The minimum absolute atomic E-state index is 0.494. The van der Waals surface area contributed by atoms with Gasteiger partial charge in [0, 0.05) is 18.7 Å². The van der Waals surface area contributed by atoms with Gasteiger partial charge in [0.25, 0.3) is 0 Å². The van der Waals surface area contributed by atoms with Crippen LogP contribution < -0.4 is 5.73 Å². The molecule has 0 aliphatic heterocycles. The fourth-order valence-corrected chi connectivity index (χ4v) is 4.29. The van der Waals surface area contributed by atoms with Crippen LogP contribution in [0.15, 0.2) is 24.3 Å². The van der Waals surface area contributed by atoms with Gasteiger partial charge in [0.15, 0.2) is 5.82 Å². The lowest BCUT2D eigenvalue weighted by atomic mass is 9.95. The van der Waals surface area contributed by atoms with Crippen LogP contribution in [0.5, 0.6) is 0 Å². The third-order valence-corrected chi connectivity index (χ3v) is 5.81. The van der Waals surface area contributed by atoms with E-state index in [0.717, 1.165) is 61.2 Å². The zero-order chi connectivity index (χ0) is 20.9. The average Bonchev–Trinajstić information content (AvgIpc) is 3.15. The van der Waals surface area contributed by atoms with Gasteiger partial charge in [-0.15, -0.1) is 0 Å². The molecule has 6 nitrogen and oxygen atoms in total. The van der Waals surface area contributed by atoms with Crippen molar-refractivity contribution in [1.82, 2.24) is 14.5 Å². The zero-order valence-electron chi connectivity index (χ0n) is 17.7. The van der Waals surface area contributed by atoms with Gasteiger partial charge in [-0.3, -0.25) is 0 Å². The number of aromatic nitrogens is 3. The van der Waals surface area contributed by atoms with Gasteiger partial charge in [-0.1, -0.05) is 25.5 Å². The highest BCUT2D eigenvalue weighted by Gasteiger charge is 2.22. The van der Waals surface area contributed by atoms with Crippen LogP contribution in [0, 0.1) is 11.3 Å². The lowest BCUT2D eigenvalue weighted by molar-refractivity contribution is 0.113. The van der Waals surface area contributed by atoms with Crippen molar-refractivity contribution in [2.75, 3.05) is 12.3 Å². The van der Waals surface area contributed by atoms with E-state index in [0.29, 0.717) is 24.6 Å². The Hall–Kier alpha value is -2.91. The number of nitrogens with two attached hydrogens (primary N) is 1. The first-order valence-corrected chi connectivity index (χ1v) is 10.9. The molecule has 1 aromatic carbocycles. The Morgan fingerprint density at radius 3 is 2.93 bits per heavy atom. The molecule has 0 bridgehead atoms. The second-order valence-corrected chi connectivity index (χ2v) is 7.97. The maximum Gasteiger partial charge on any atom is 0.151 e. The molecule has 0 fully saturated rings. The van der Waals surface area contributed by atoms with Gasteiger partial charge < -0.3 is 15.0 Å². The van der Waals surface area contributed by atoms with E-state index in [1.807, 2.05) is 24.3 Å². The molecule has 2 heterocycles. The first-order valence-electron chi connectivity index (χ1n) is 10.9. The molecular weight excluding hydrogens is 374 g/mol. The zero-order valence-corrected chi connectivity index (χ0v) is 17.7. The monoisotopic (exact) mass is 403 g/mol. The van der Waals surface area contributed by atoms with Crippen LogP contribution in [-0.2, 0) is 37.2 Å². The maximum atomic E-state index is 9.06. The molecule has 156 valence electrons. The van der Waals surface area contributed by atoms with Crippen LogP contribution in [0.3, 0.4) is 0 Å². The Kier molecular flexibility index (Phi) is 6.29. The van der Waals surface area contributed by atoms with Crippen molar-refractivity contribution in [1.29, 1.82) is 5.26 Å². The van der Waals surface area contributed by atoms with E-state index < -0.39 is 0 Å². The Bertz CT molecular complexity index is 1080. The highest BCUT2D eigenvalue weighted by molar-refractivity contribution is 5.89. The summed E-state index contributed by atoms with van der Waals surface area (Å²) in [6.45, 7) is 4.01. The number of nitrogens with zero attached hydrogens (tertiary/aromatic N) is 4.